The molecule has 0 saturated carbocycles. The van der Waals surface area contributed by atoms with Crippen molar-refractivity contribution in [3.05, 3.63) is 23.7 Å². The van der Waals surface area contributed by atoms with E-state index in [0.717, 1.165) is 54.2 Å². The van der Waals surface area contributed by atoms with E-state index in [1.54, 1.807) is 0 Å². The van der Waals surface area contributed by atoms with Gasteiger partial charge in [0, 0.05) is 23.3 Å². The number of rotatable bonds is 2. The summed E-state index contributed by atoms with van der Waals surface area (Å²) in [6.07, 6.45) is 4.17. The van der Waals surface area contributed by atoms with Crippen LogP contribution in [0.15, 0.2) is 12.3 Å². The quantitative estimate of drug-likeness (QED) is 0.907. The summed E-state index contributed by atoms with van der Waals surface area (Å²) in [6.45, 7) is 6.26. The van der Waals surface area contributed by atoms with E-state index >= 15 is 0 Å². The van der Waals surface area contributed by atoms with E-state index in [4.69, 9.17) is 0 Å². The molecule has 3 heterocycles. The van der Waals surface area contributed by atoms with Gasteiger partial charge < -0.3 is 10.2 Å². The molecule has 1 aliphatic heterocycles. The monoisotopic (exact) mass is 271 g/mol. The summed E-state index contributed by atoms with van der Waals surface area (Å²) in [5, 5.41) is 4.52. The molecule has 2 aromatic rings. The van der Waals surface area contributed by atoms with Gasteiger partial charge in [0.1, 0.15) is 0 Å². The van der Waals surface area contributed by atoms with Crippen molar-refractivity contribution in [2.45, 2.75) is 32.7 Å². The van der Waals surface area contributed by atoms with E-state index in [2.05, 4.69) is 32.2 Å². The third-order valence-electron chi connectivity index (χ3n) is 3.92. The zero-order valence-corrected chi connectivity index (χ0v) is 12.3. The fourth-order valence-corrected chi connectivity index (χ4v) is 2.77. The highest BCUT2D eigenvalue weighted by Crippen LogP contribution is 2.18. The molecular formula is C15H21N5. The van der Waals surface area contributed by atoms with Gasteiger partial charge in [0.05, 0.1) is 11.2 Å². The summed E-state index contributed by atoms with van der Waals surface area (Å²) in [5.41, 5.74) is 2.92. The van der Waals surface area contributed by atoms with Crippen LogP contribution in [0.3, 0.4) is 0 Å². The molecule has 0 spiro atoms. The summed E-state index contributed by atoms with van der Waals surface area (Å²) in [4.78, 5) is 15.9. The molecule has 0 amide bonds. The van der Waals surface area contributed by atoms with Gasteiger partial charge in [0.25, 0.3) is 0 Å². The second-order valence-corrected chi connectivity index (χ2v) is 5.70. The standard InChI is InChI=1S/C15H21N5/c1-10-8-12-9-16-15(19-14(12)11(2)17-10)18-13-4-6-20(3)7-5-13/h8-9,13H,4-7H2,1-3H3,(H,16,18,19). The van der Waals surface area contributed by atoms with Gasteiger partial charge in [-0.1, -0.05) is 0 Å². The summed E-state index contributed by atoms with van der Waals surface area (Å²) in [7, 11) is 2.17. The van der Waals surface area contributed by atoms with E-state index in [1.807, 2.05) is 26.1 Å². The van der Waals surface area contributed by atoms with E-state index in [9.17, 15) is 0 Å². The fourth-order valence-electron chi connectivity index (χ4n) is 2.77. The zero-order valence-electron chi connectivity index (χ0n) is 12.3. The van der Waals surface area contributed by atoms with Crippen LogP contribution in [0.5, 0.6) is 0 Å². The lowest BCUT2D eigenvalue weighted by atomic mass is 10.1. The predicted molar refractivity (Wildman–Crippen MR) is 80.9 cm³/mol. The average Bonchev–Trinajstić information content (AvgIpc) is 2.42. The Morgan fingerprint density at radius 1 is 1.20 bits per heavy atom. The lowest BCUT2D eigenvalue weighted by Crippen LogP contribution is -2.37. The highest BCUT2D eigenvalue weighted by atomic mass is 15.2. The maximum Gasteiger partial charge on any atom is 0.223 e. The topological polar surface area (TPSA) is 53.9 Å². The third-order valence-corrected chi connectivity index (χ3v) is 3.92. The summed E-state index contributed by atoms with van der Waals surface area (Å²) in [6, 6.07) is 2.50. The normalized spacial score (nSPS) is 17.6. The molecule has 106 valence electrons. The van der Waals surface area contributed by atoms with Crippen LogP contribution in [0.2, 0.25) is 0 Å². The first-order valence-electron chi connectivity index (χ1n) is 7.18. The Bertz CT molecular complexity index is 617. The van der Waals surface area contributed by atoms with Crippen molar-refractivity contribution in [1.82, 2.24) is 19.9 Å². The molecule has 1 N–H and O–H groups in total. The molecule has 2 aromatic heterocycles. The van der Waals surface area contributed by atoms with Crippen molar-refractivity contribution in [1.29, 1.82) is 0 Å². The van der Waals surface area contributed by atoms with E-state index in [1.165, 1.54) is 0 Å². The molecule has 1 saturated heterocycles. The lowest BCUT2D eigenvalue weighted by Gasteiger charge is -2.29. The van der Waals surface area contributed by atoms with Gasteiger partial charge in [-0.25, -0.2) is 9.97 Å². The number of likely N-dealkylation sites (tertiary alicyclic amines) is 1. The summed E-state index contributed by atoms with van der Waals surface area (Å²) in [5.74, 6) is 0.723. The van der Waals surface area contributed by atoms with Crippen LogP contribution in [0.1, 0.15) is 24.2 Å². The molecule has 20 heavy (non-hydrogen) atoms. The van der Waals surface area contributed by atoms with Gasteiger partial charge in [-0.05, 0) is 52.9 Å². The van der Waals surface area contributed by atoms with E-state index in [-0.39, 0.29) is 0 Å². The Hall–Kier alpha value is -1.75. The second kappa shape index (κ2) is 5.32. The first kappa shape index (κ1) is 13.2. The van der Waals surface area contributed by atoms with Crippen LogP contribution in [0.25, 0.3) is 10.9 Å². The molecule has 3 rings (SSSR count). The first-order chi connectivity index (χ1) is 9.61. The van der Waals surface area contributed by atoms with Crippen molar-refractivity contribution in [3.8, 4) is 0 Å². The molecule has 5 heteroatoms. The van der Waals surface area contributed by atoms with Crippen LogP contribution >= 0.6 is 0 Å². The fraction of sp³-hybridized carbons (Fsp3) is 0.533. The predicted octanol–water partition coefficient (Wildman–Crippen LogP) is 2.15. The van der Waals surface area contributed by atoms with Gasteiger partial charge in [-0.2, -0.15) is 0 Å². The van der Waals surface area contributed by atoms with Gasteiger partial charge in [0.2, 0.25) is 5.95 Å². The number of piperidine rings is 1. The molecule has 5 nitrogen and oxygen atoms in total. The van der Waals surface area contributed by atoms with Gasteiger partial charge >= 0.3 is 0 Å². The highest BCUT2D eigenvalue weighted by Gasteiger charge is 2.17. The third kappa shape index (κ3) is 2.72. The average molecular weight is 271 g/mol. The molecule has 0 unspecified atom stereocenters. The minimum absolute atomic E-state index is 0.474. The zero-order chi connectivity index (χ0) is 14.1. The largest absolute Gasteiger partial charge is 0.351 e. The number of nitrogens with one attached hydrogen (secondary N) is 1. The Morgan fingerprint density at radius 3 is 2.70 bits per heavy atom. The van der Waals surface area contributed by atoms with Crippen molar-refractivity contribution in [2.24, 2.45) is 0 Å². The van der Waals surface area contributed by atoms with Gasteiger partial charge in [-0.15, -0.1) is 0 Å². The minimum Gasteiger partial charge on any atom is -0.351 e. The van der Waals surface area contributed by atoms with Crippen molar-refractivity contribution < 1.29 is 0 Å². The number of pyridine rings is 1. The highest BCUT2D eigenvalue weighted by molar-refractivity contribution is 5.80. The molecule has 0 bridgehead atoms. The Balaban J connectivity index is 1.82. The Labute approximate surface area is 119 Å². The van der Waals surface area contributed by atoms with E-state index < -0.39 is 0 Å². The first-order valence-corrected chi connectivity index (χ1v) is 7.18. The Morgan fingerprint density at radius 2 is 1.95 bits per heavy atom. The number of aryl methyl sites for hydroxylation is 2. The van der Waals surface area contributed by atoms with E-state index in [0.29, 0.717) is 6.04 Å². The van der Waals surface area contributed by atoms with Crippen LogP contribution in [0, 0.1) is 13.8 Å². The number of hydrogen-bond donors (Lipinski definition) is 1. The summed E-state index contributed by atoms with van der Waals surface area (Å²) >= 11 is 0. The number of fused-ring (bicyclic) bond motifs is 1. The maximum absolute atomic E-state index is 4.63. The maximum atomic E-state index is 4.63. The van der Waals surface area contributed by atoms with Crippen LogP contribution in [-0.2, 0) is 0 Å². The molecule has 1 fully saturated rings. The molecule has 0 aromatic carbocycles. The molecule has 0 aliphatic carbocycles. The molecule has 0 radical (unpaired) electrons. The smallest absolute Gasteiger partial charge is 0.223 e. The Kier molecular flexibility index (Phi) is 3.53. The van der Waals surface area contributed by atoms with Gasteiger partial charge in [0.15, 0.2) is 0 Å². The second-order valence-electron chi connectivity index (χ2n) is 5.70. The molecular weight excluding hydrogens is 250 g/mol. The van der Waals surface area contributed by atoms with Crippen molar-refractivity contribution in [2.75, 3.05) is 25.5 Å². The van der Waals surface area contributed by atoms with Gasteiger partial charge in [-0.3, -0.25) is 4.98 Å². The SMILES string of the molecule is Cc1cc2cnc(NC3CCN(C)CC3)nc2c(C)n1. The molecule has 1 aliphatic rings. The van der Waals surface area contributed by atoms with Crippen molar-refractivity contribution >= 4 is 16.9 Å². The number of anilines is 1. The lowest BCUT2D eigenvalue weighted by molar-refractivity contribution is 0.263. The number of aromatic nitrogens is 3. The van der Waals surface area contributed by atoms with Crippen LogP contribution in [-0.4, -0.2) is 46.0 Å². The van der Waals surface area contributed by atoms with Crippen LogP contribution in [0.4, 0.5) is 5.95 Å². The minimum atomic E-state index is 0.474. The molecule has 0 atom stereocenters. The number of nitrogens with zero attached hydrogens (tertiary/aromatic N) is 4. The van der Waals surface area contributed by atoms with Crippen LogP contribution < -0.4 is 5.32 Å². The summed E-state index contributed by atoms with van der Waals surface area (Å²) < 4.78 is 0. The van der Waals surface area contributed by atoms with Crippen molar-refractivity contribution in [3.63, 3.8) is 0 Å². The number of hydrogen-bond acceptors (Lipinski definition) is 5.